The van der Waals surface area contributed by atoms with E-state index in [4.69, 9.17) is 9.47 Å². The molecule has 1 saturated carbocycles. The van der Waals surface area contributed by atoms with Crippen LogP contribution in [0.25, 0.3) is 0 Å². The molecule has 0 spiro atoms. The highest BCUT2D eigenvalue weighted by Crippen LogP contribution is 2.54. The molecule has 3 rings (SSSR count). The number of allylic oxidation sites excluding steroid dienone is 2. The second kappa shape index (κ2) is 5.57. The van der Waals surface area contributed by atoms with Crippen LogP contribution in [0.15, 0.2) is 24.3 Å². The minimum absolute atomic E-state index is 0.0376. The van der Waals surface area contributed by atoms with Crippen LogP contribution in [0.1, 0.15) is 34.1 Å². The van der Waals surface area contributed by atoms with Crippen LogP contribution in [-0.2, 0) is 23.9 Å². The van der Waals surface area contributed by atoms with Crippen molar-refractivity contribution in [3.05, 3.63) is 24.3 Å². The standard InChI is InChI=1S/C19H24O5/c1-9(2)17(21)24-16-15-11(4)18(22)23-13(15)8-10(3)12-6-7-14(20)19(12,16)5/h6-7,10-13,15-16H,1,8H2,2-5H3/t10?,11?,12-,13+,15?,16+,19-/m0/s1. The molecular weight excluding hydrogens is 308 g/mol. The van der Waals surface area contributed by atoms with E-state index in [1.807, 2.05) is 13.0 Å². The molecule has 0 aromatic carbocycles. The van der Waals surface area contributed by atoms with Crippen LogP contribution in [0.3, 0.4) is 0 Å². The summed E-state index contributed by atoms with van der Waals surface area (Å²) >= 11 is 0. The van der Waals surface area contributed by atoms with Crippen molar-refractivity contribution in [1.82, 2.24) is 0 Å². The van der Waals surface area contributed by atoms with Gasteiger partial charge in [-0.05, 0) is 38.2 Å². The van der Waals surface area contributed by atoms with Gasteiger partial charge in [0.15, 0.2) is 5.78 Å². The molecule has 2 aliphatic carbocycles. The molecule has 3 aliphatic rings. The second-order valence-corrected chi connectivity index (χ2v) is 7.69. The summed E-state index contributed by atoms with van der Waals surface area (Å²) in [6.45, 7) is 10.9. The maximum atomic E-state index is 12.7. The van der Waals surface area contributed by atoms with Crippen LogP contribution in [0.4, 0.5) is 0 Å². The molecule has 1 heterocycles. The molecule has 24 heavy (non-hydrogen) atoms. The summed E-state index contributed by atoms with van der Waals surface area (Å²) in [4.78, 5) is 37.1. The smallest absolute Gasteiger partial charge is 0.333 e. The molecular formula is C19H24O5. The van der Waals surface area contributed by atoms with Crippen molar-refractivity contribution in [1.29, 1.82) is 0 Å². The third-order valence-corrected chi connectivity index (χ3v) is 6.06. The summed E-state index contributed by atoms with van der Waals surface area (Å²) in [6.07, 6.45) is 3.15. The summed E-state index contributed by atoms with van der Waals surface area (Å²) in [7, 11) is 0. The van der Waals surface area contributed by atoms with Gasteiger partial charge in [0, 0.05) is 11.5 Å². The van der Waals surface area contributed by atoms with Gasteiger partial charge in [-0.1, -0.05) is 26.5 Å². The van der Waals surface area contributed by atoms with Crippen LogP contribution < -0.4 is 0 Å². The van der Waals surface area contributed by atoms with E-state index in [9.17, 15) is 14.4 Å². The quantitative estimate of drug-likeness (QED) is 0.574. The lowest BCUT2D eigenvalue weighted by atomic mass is 9.66. The van der Waals surface area contributed by atoms with E-state index >= 15 is 0 Å². The first-order valence-corrected chi connectivity index (χ1v) is 8.47. The van der Waals surface area contributed by atoms with Crippen molar-refractivity contribution in [2.75, 3.05) is 0 Å². The lowest BCUT2D eigenvalue weighted by molar-refractivity contribution is -0.163. The number of ketones is 1. The maximum Gasteiger partial charge on any atom is 0.333 e. The molecule has 5 heteroatoms. The lowest BCUT2D eigenvalue weighted by Gasteiger charge is -2.40. The predicted molar refractivity (Wildman–Crippen MR) is 86.8 cm³/mol. The van der Waals surface area contributed by atoms with Crippen LogP contribution in [0.5, 0.6) is 0 Å². The molecule has 5 nitrogen and oxygen atoms in total. The van der Waals surface area contributed by atoms with Gasteiger partial charge < -0.3 is 9.47 Å². The number of carbonyl (C=O) groups is 3. The fourth-order valence-corrected chi connectivity index (χ4v) is 4.65. The molecule has 2 fully saturated rings. The zero-order chi connectivity index (χ0) is 17.8. The molecule has 1 saturated heterocycles. The van der Waals surface area contributed by atoms with E-state index in [-0.39, 0.29) is 41.2 Å². The first-order valence-electron chi connectivity index (χ1n) is 8.47. The molecule has 0 radical (unpaired) electrons. The van der Waals surface area contributed by atoms with Gasteiger partial charge in [-0.3, -0.25) is 9.59 Å². The maximum absolute atomic E-state index is 12.7. The highest BCUT2D eigenvalue weighted by Gasteiger charge is 2.62. The topological polar surface area (TPSA) is 69.7 Å². The van der Waals surface area contributed by atoms with Gasteiger partial charge in [0.1, 0.15) is 12.2 Å². The largest absolute Gasteiger partial charge is 0.462 e. The average Bonchev–Trinajstić information content (AvgIpc) is 2.92. The van der Waals surface area contributed by atoms with E-state index in [0.29, 0.717) is 6.42 Å². The van der Waals surface area contributed by atoms with E-state index in [0.717, 1.165) is 0 Å². The first kappa shape index (κ1) is 16.9. The van der Waals surface area contributed by atoms with Crippen LogP contribution in [0.2, 0.25) is 0 Å². The Bertz CT molecular complexity index is 648. The summed E-state index contributed by atoms with van der Waals surface area (Å²) in [5.74, 6) is -1.47. The van der Waals surface area contributed by atoms with Gasteiger partial charge in [0.05, 0.1) is 11.3 Å². The molecule has 1 aliphatic heterocycles. The van der Waals surface area contributed by atoms with Gasteiger partial charge in [-0.15, -0.1) is 0 Å². The first-order chi connectivity index (χ1) is 11.2. The number of fused-ring (bicyclic) bond motifs is 2. The molecule has 7 atom stereocenters. The Labute approximate surface area is 142 Å². The van der Waals surface area contributed by atoms with E-state index in [1.165, 1.54) is 0 Å². The Morgan fingerprint density at radius 1 is 1.38 bits per heavy atom. The zero-order valence-electron chi connectivity index (χ0n) is 14.6. The second-order valence-electron chi connectivity index (χ2n) is 7.69. The monoisotopic (exact) mass is 332 g/mol. The Morgan fingerprint density at radius 3 is 2.67 bits per heavy atom. The van der Waals surface area contributed by atoms with Crippen molar-refractivity contribution >= 4 is 17.7 Å². The number of rotatable bonds is 2. The van der Waals surface area contributed by atoms with Crippen molar-refractivity contribution in [2.45, 2.75) is 46.3 Å². The highest BCUT2D eigenvalue weighted by molar-refractivity contribution is 5.99. The molecule has 0 amide bonds. The van der Waals surface area contributed by atoms with Crippen LogP contribution in [0, 0.1) is 29.1 Å². The van der Waals surface area contributed by atoms with E-state index < -0.39 is 23.4 Å². The normalized spacial score (nSPS) is 43.7. The van der Waals surface area contributed by atoms with Crippen molar-refractivity contribution in [3.8, 4) is 0 Å². The zero-order valence-corrected chi connectivity index (χ0v) is 14.6. The summed E-state index contributed by atoms with van der Waals surface area (Å²) in [6, 6.07) is 0. The number of hydrogen-bond donors (Lipinski definition) is 0. The van der Waals surface area contributed by atoms with Gasteiger partial charge in [0.25, 0.3) is 0 Å². The summed E-state index contributed by atoms with van der Waals surface area (Å²) < 4.78 is 11.3. The molecule has 130 valence electrons. The minimum atomic E-state index is -0.869. The number of carbonyl (C=O) groups excluding carboxylic acids is 3. The van der Waals surface area contributed by atoms with E-state index in [1.54, 1.807) is 19.9 Å². The third-order valence-electron chi connectivity index (χ3n) is 6.06. The molecule has 0 bridgehead atoms. The highest BCUT2D eigenvalue weighted by atomic mass is 16.6. The van der Waals surface area contributed by atoms with Gasteiger partial charge in [0.2, 0.25) is 0 Å². The summed E-state index contributed by atoms with van der Waals surface area (Å²) in [5, 5.41) is 0. The SMILES string of the molecule is C=C(C)C(=O)O[C@@H]1C2C(C)C(=O)O[C@@H]2CC(C)[C@@H]2C=CC(=O)[C@@]12C. The molecule has 0 N–H and O–H groups in total. The number of esters is 2. The Kier molecular flexibility index (Phi) is 3.93. The Balaban J connectivity index is 2.09. The van der Waals surface area contributed by atoms with Crippen molar-refractivity contribution in [3.63, 3.8) is 0 Å². The molecule has 3 unspecified atom stereocenters. The molecule has 0 aromatic heterocycles. The number of ether oxygens (including phenoxy) is 2. The van der Waals surface area contributed by atoms with Gasteiger partial charge in [-0.25, -0.2) is 4.79 Å². The fraction of sp³-hybridized carbons (Fsp3) is 0.632. The number of hydrogen-bond acceptors (Lipinski definition) is 5. The van der Waals surface area contributed by atoms with Crippen molar-refractivity contribution < 1.29 is 23.9 Å². The van der Waals surface area contributed by atoms with Gasteiger partial charge >= 0.3 is 11.9 Å². The van der Waals surface area contributed by atoms with Crippen LogP contribution >= 0.6 is 0 Å². The van der Waals surface area contributed by atoms with Gasteiger partial charge in [-0.2, -0.15) is 0 Å². The van der Waals surface area contributed by atoms with Crippen LogP contribution in [-0.4, -0.2) is 29.9 Å². The van der Waals surface area contributed by atoms with Crippen molar-refractivity contribution in [2.24, 2.45) is 29.1 Å². The average molecular weight is 332 g/mol. The van der Waals surface area contributed by atoms with E-state index in [2.05, 4.69) is 13.5 Å². The predicted octanol–water partition coefficient (Wildman–Crippen LogP) is 2.45. The summed E-state index contributed by atoms with van der Waals surface area (Å²) in [5.41, 5.74) is -0.591. The Hall–Kier alpha value is -1.91. The molecule has 0 aromatic rings. The third kappa shape index (κ3) is 2.25. The fourth-order valence-electron chi connectivity index (χ4n) is 4.65. The Morgan fingerprint density at radius 2 is 2.04 bits per heavy atom. The minimum Gasteiger partial charge on any atom is -0.462 e. The lowest BCUT2D eigenvalue weighted by Crippen LogP contribution is -2.50.